The Kier molecular flexibility index (Phi) is 4.06. The van der Waals surface area contributed by atoms with E-state index in [1.54, 1.807) is 6.08 Å². The fourth-order valence-electron chi connectivity index (χ4n) is 3.45. The molecule has 5 rings (SSSR count). The fraction of sp³-hybridized carbons (Fsp3) is 0.136. The number of nitrogens with one attached hydrogen (secondary N) is 2. The quantitative estimate of drug-likeness (QED) is 0.644. The minimum atomic E-state index is 0.0455. The highest BCUT2D eigenvalue weighted by Gasteiger charge is 2.38. The molecule has 0 spiro atoms. The van der Waals surface area contributed by atoms with E-state index in [0.717, 1.165) is 32.6 Å². The molecule has 1 aliphatic heterocycles. The van der Waals surface area contributed by atoms with Gasteiger partial charge in [0.1, 0.15) is 5.84 Å². The van der Waals surface area contributed by atoms with Crippen molar-refractivity contribution in [1.82, 2.24) is 4.98 Å². The summed E-state index contributed by atoms with van der Waals surface area (Å²) in [4.78, 5) is 9.21. The van der Waals surface area contributed by atoms with Gasteiger partial charge in [0.2, 0.25) is 5.88 Å². The number of thiazole rings is 1. The fourth-order valence-corrected chi connectivity index (χ4v) is 4.33. The average Bonchev–Trinajstić information content (AvgIpc) is 3.38. The number of aromatic nitrogens is 1. The predicted molar refractivity (Wildman–Crippen MR) is 113 cm³/mol. The first-order chi connectivity index (χ1) is 13.7. The van der Waals surface area contributed by atoms with Gasteiger partial charge in [-0.3, -0.25) is 5.41 Å². The maximum Gasteiger partial charge on any atom is 0.231 e. The average molecular weight is 386 g/mol. The third-order valence-electron chi connectivity index (χ3n) is 4.97. The summed E-state index contributed by atoms with van der Waals surface area (Å²) in [6.07, 6.45) is 6.57. The maximum absolute atomic E-state index is 10.2. The summed E-state index contributed by atoms with van der Waals surface area (Å²) in [6, 6.07) is 16.7. The smallest absolute Gasteiger partial charge is 0.231 e. The first-order valence-corrected chi connectivity index (χ1v) is 9.96. The van der Waals surface area contributed by atoms with Crippen LogP contribution in [0.2, 0.25) is 0 Å². The van der Waals surface area contributed by atoms with Crippen molar-refractivity contribution in [2.75, 3.05) is 5.32 Å². The molecule has 3 aromatic rings. The molecule has 2 atom stereocenters. The monoisotopic (exact) mass is 386 g/mol. The van der Waals surface area contributed by atoms with Crippen molar-refractivity contribution >= 4 is 34.5 Å². The highest BCUT2D eigenvalue weighted by Crippen LogP contribution is 2.43. The molecule has 0 unspecified atom stereocenters. The third-order valence-corrected chi connectivity index (χ3v) is 5.90. The zero-order chi connectivity index (χ0) is 19.1. The first-order valence-electron chi connectivity index (χ1n) is 9.14. The Hall–Kier alpha value is -3.25. The molecule has 0 amide bonds. The predicted octanol–water partition coefficient (Wildman–Crippen LogP) is 3.27. The van der Waals surface area contributed by atoms with Gasteiger partial charge in [-0.2, -0.15) is 4.98 Å². The highest BCUT2D eigenvalue weighted by molar-refractivity contribution is 7.16. The molecule has 1 aromatic heterocycles. The van der Waals surface area contributed by atoms with E-state index in [1.165, 1.54) is 16.9 Å². The summed E-state index contributed by atoms with van der Waals surface area (Å²) in [5.74, 6) is 0.813. The van der Waals surface area contributed by atoms with E-state index in [1.807, 2.05) is 36.4 Å². The van der Waals surface area contributed by atoms with Crippen LogP contribution in [0, 0.1) is 5.41 Å². The van der Waals surface area contributed by atoms with Gasteiger partial charge in [-0.15, -0.1) is 0 Å². The number of nitrogens with zero attached hydrogens (tertiary/aromatic N) is 2. The van der Waals surface area contributed by atoms with Crippen molar-refractivity contribution in [2.24, 2.45) is 4.99 Å². The number of rotatable bonds is 4. The molecular formula is C22H18N4OS. The van der Waals surface area contributed by atoms with Crippen LogP contribution >= 0.6 is 11.3 Å². The molecule has 1 fully saturated rings. The Balaban J connectivity index is 1.36. The van der Waals surface area contributed by atoms with Gasteiger partial charge in [0, 0.05) is 17.5 Å². The number of benzene rings is 2. The van der Waals surface area contributed by atoms with E-state index in [2.05, 4.69) is 39.6 Å². The Morgan fingerprint density at radius 2 is 2.00 bits per heavy atom. The Labute approximate surface area is 165 Å². The SMILES string of the molecule is N=C1C=Cc2cc(=Cc3sc(N[C@@H]4C[C@H]4c4ccccc4)nc3O)ccc2=N1. The molecular weight excluding hydrogens is 368 g/mol. The van der Waals surface area contributed by atoms with Crippen molar-refractivity contribution in [2.45, 2.75) is 18.4 Å². The van der Waals surface area contributed by atoms with Gasteiger partial charge in [-0.05, 0) is 47.6 Å². The van der Waals surface area contributed by atoms with Crippen molar-refractivity contribution in [1.29, 1.82) is 5.41 Å². The molecule has 2 heterocycles. The van der Waals surface area contributed by atoms with Crippen LogP contribution in [0.5, 0.6) is 5.88 Å². The number of hydrogen-bond acceptors (Lipinski definition) is 5. The van der Waals surface area contributed by atoms with E-state index < -0.39 is 0 Å². The summed E-state index contributed by atoms with van der Waals surface area (Å²) in [5, 5.41) is 23.8. The molecule has 5 nitrogen and oxygen atoms in total. The van der Waals surface area contributed by atoms with Crippen LogP contribution in [0.25, 0.3) is 12.2 Å². The standard InChI is InChI=1S/C22H18N4OS/c23-20-9-7-15-10-13(6-8-17(15)24-20)11-19-21(27)26-22(28-19)25-18-12-16(18)14-4-2-1-3-5-14/h1-11,16,18,23,27H,12H2,(H,25,26)/t16-,18+/m0/s1. The number of anilines is 1. The molecule has 0 saturated heterocycles. The minimum absolute atomic E-state index is 0.0455. The Bertz CT molecular complexity index is 1210. The normalized spacial score (nSPS) is 20.6. The molecule has 1 aliphatic carbocycles. The molecule has 2 aromatic carbocycles. The van der Waals surface area contributed by atoms with Crippen LogP contribution in [0.4, 0.5) is 5.13 Å². The maximum atomic E-state index is 10.2. The molecule has 28 heavy (non-hydrogen) atoms. The summed E-state index contributed by atoms with van der Waals surface area (Å²) < 4.78 is 0. The van der Waals surface area contributed by atoms with E-state index >= 15 is 0 Å². The lowest BCUT2D eigenvalue weighted by atomic mass is 10.1. The van der Waals surface area contributed by atoms with Crippen LogP contribution in [-0.4, -0.2) is 22.0 Å². The number of fused-ring (bicyclic) bond motifs is 1. The lowest BCUT2D eigenvalue weighted by Crippen LogP contribution is -2.16. The highest BCUT2D eigenvalue weighted by atomic mass is 32.1. The van der Waals surface area contributed by atoms with Crippen LogP contribution in [-0.2, 0) is 0 Å². The zero-order valence-electron chi connectivity index (χ0n) is 15.0. The van der Waals surface area contributed by atoms with Crippen LogP contribution < -0.4 is 15.9 Å². The zero-order valence-corrected chi connectivity index (χ0v) is 15.8. The van der Waals surface area contributed by atoms with E-state index in [0.29, 0.717) is 12.0 Å². The second kappa shape index (κ2) is 6.73. The van der Waals surface area contributed by atoms with Gasteiger partial charge in [-0.25, -0.2) is 4.99 Å². The van der Waals surface area contributed by atoms with E-state index in [-0.39, 0.29) is 11.7 Å². The van der Waals surface area contributed by atoms with Crippen molar-refractivity contribution in [3.8, 4) is 5.88 Å². The minimum Gasteiger partial charge on any atom is -0.492 e. The van der Waals surface area contributed by atoms with Crippen LogP contribution in [0.1, 0.15) is 28.3 Å². The van der Waals surface area contributed by atoms with E-state index in [9.17, 15) is 5.11 Å². The molecule has 0 bridgehead atoms. The van der Waals surface area contributed by atoms with Crippen LogP contribution in [0.15, 0.2) is 59.6 Å². The molecule has 3 N–H and O–H groups in total. The molecule has 1 saturated carbocycles. The number of amidine groups is 1. The van der Waals surface area contributed by atoms with Crippen molar-refractivity contribution in [3.63, 3.8) is 0 Å². The summed E-state index contributed by atoms with van der Waals surface area (Å²) in [7, 11) is 0. The van der Waals surface area contributed by atoms with Gasteiger partial charge >= 0.3 is 0 Å². The molecule has 2 aliphatic rings. The summed E-state index contributed by atoms with van der Waals surface area (Å²) >= 11 is 1.45. The Morgan fingerprint density at radius 1 is 1.14 bits per heavy atom. The van der Waals surface area contributed by atoms with E-state index in [4.69, 9.17) is 5.41 Å². The largest absolute Gasteiger partial charge is 0.492 e. The molecule has 138 valence electrons. The molecule has 6 heteroatoms. The van der Waals surface area contributed by atoms with Crippen molar-refractivity contribution < 1.29 is 5.11 Å². The third kappa shape index (κ3) is 3.34. The number of aromatic hydroxyl groups is 1. The summed E-state index contributed by atoms with van der Waals surface area (Å²) in [6.45, 7) is 0. The van der Waals surface area contributed by atoms with Gasteiger partial charge in [0.15, 0.2) is 5.13 Å². The first kappa shape index (κ1) is 16.9. The van der Waals surface area contributed by atoms with Crippen LogP contribution in [0.3, 0.4) is 0 Å². The van der Waals surface area contributed by atoms with Crippen molar-refractivity contribution in [3.05, 3.63) is 81.2 Å². The lowest BCUT2D eigenvalue weighted by molar-refractivity contribution is 0.456. The topological polar surface area (TPSA) is 81.4 Å². The molecule has 0 radical (unpaired) electrons. The van der Waals surface area contributed by atoms with Gasteiger partial charge in [0.05, 0.1) is 10.2 Å². The van der Waals surface area contributed by atoms with Gasteiger partial charge < -0.3 is 10.4 Å². The second-order valence-electron chi connectivity index (χ2n) is 7.00. The number of hydrogen-bond donors (Lipinski definition) is 3. The Morgan fingerprint density at radius 3 is 2.86 bits per heavy atom. The second-order valence-corrected chi connectivity index (χ2v) is 8.03. The van der Waals surface area contributed by atoms with Gasteiger partial charge in [0.25, 0.3) is 0 Å². The van der Waals surface area contributed by atoms with Gasteiger partial charge in [-0.1, -0.05) is 47.7 Å². The lowest BCUT2D eigenvalue weighted by Gasteiger charge is -2.01. The summed E-state index contributed by atoms with van der Waals surface area (Å²) in [5.41, 5.74) is 2.31.